The molecular formula is C8H15NO2. The van der Waals surface area contributed by atoms with E-state index in [0.717, 1.165) is 12.3 Å². The van der Waals surface area contributed by atoms with Crippen LogP contribution in [-0.4, -0.2) is 17.7 Å². The van der Waals surface area contributed by atoms with Crippen molar-refractivity contribution >= 4 is 6.09 Å². The summed E-state index contributed by atoms with van der Waals surface area (Å²) in [5, 5.41) is 10.7. The number of hydrogen-bond acceptors (Lipinski definition) is 1. The Morgan fingerprint density at radius 3 is 2.64 bits per heavy atom. The van der Waals surface area contributed by atoms with E-state index >= 15 is 0 Å². The van der Waals surface area contributed by atoms with Gasteiger partial charge >= 0.3 is 6.09 Å². The van der Waals surface area contributed by atoms with Crippen LogP contribution in [-0.2, 0) is 0 Å². The predicted octanol–water partition coefficient (Wildman–Crippen LogP) is 1.83. The third kappa shape index (κ3) is 3.25. The highest BCUT2D eigenvalue weighted by Gasteiger charge is 2.14. The van der Waals surface area contributed by atoms with Crippen molar-refractivity contribution in [2.75, 3.05) is 6.54 Å². The molecule has 1 aliphatic rings. The molecule has 2 N–H and O–H groups in total. The van der Waals surface area contributed by atoms with Crippen LogP contribution in [0.3, 0.4) is 0 Å². The van der Waals surface area contributed by atoms with Gasteiger partial charge in [-0.05, 0) is 12.3 Å². The van der Waals surface area contributed by atoms with Crippen molar-refractivity contribution in [3.63, 3.8) is 0 Å². The molecule has 0 aromatic rings. The maximum Gasteiger partial charge on any atom is 0.404 e. The second-order valence-corrected chi connectivity index (χ2v) is 3.17. The average molecular weight is 157 g/mol. The van der Waals surface area contributed by atoms with Gasteiger partial charge in [0.1, 0.15) is 0 Å². The van der Waals surface area contributed by atoms with Crippen LogP contribution in [0.1, 0.15) is 32.1 Å². The van der Waals surface area contributed by atoms with Crippen molar-refractivity contribution in [3.8, 4) is 0 Å². The number of nitrogens with one attached hydrogen (secondary N) is 1. The van der Waals surface area contributed by atoms with E-state index in [1.165, 1.54) is 25.7 Å². The van der Waals surface area contributed by atoms with E-state index in [2.05, 4.69) is 5.32 Å². The monoisotopic (exact) mass is 157 g/mol. The Morgan fingerprint density at radius 1 is 1.45 bits per heavy atom. The molecule has 11 heavy (non-hydrogen) atoms. The summed E-state index contributed by atoms with van der Waals surface area (Å²) in [4.78, 5) is 10.1. The van der Waals surface area contributed by atoms with Gasteiger partial charge in [-0.15, -0.1) is 0 Å². The Morgan fingerprint density at radius 2 is 2.09 bits per heavy atom. The fourth-order valence-electron chi connectivity index (χ4n) is 1.68. The highest BCUT2D eigenvalue weighted by molar-refractivity contribution is 5.64. The Balaban J connectivity index is 1.98. The molecule has 0 spiro atoms. The highest BCUT2D eigenvalue weighted by atomic mass is 16.4. The Hall–Kier alpha value is -0.730. The zero-order chi connectivity index (χ0) is 8.10. The molecule has 1 saturated carbocycles. The van der Waals surface area contributed by atoms with Crippen LogP contribution in [0.15, 0.2) is 0 Å². The third-order valence-corrected chi connectivity index (χ3v) is 2.30. The fourth-order valence-corrected chi connectivity index (χ4v) is 1.68. The maximum absolute atomic E-state index is 10.1. The molecule has 0 unspecified atom stereocenters. The van der Waals surface area contributed by atoms with Gasteiger partial charge in [0.15, 0.2) is 0 Å². The van der Waals surface area contributed by atoms with Gasteiger partial charge in [-0.2, -0.15) is 0 Å². The maximum atomic E-state index is 10.1. The van der Waals surface area contributed by atoms with Crippen molar-refractivity contribution in [2.24, 2.45) is 5.92 Å². The molecule has 3 nitrogen and oxygen atoms in total. The molecule has 64 valence electrons. The Labute approximate surface area is 66.8 Å². The van der Waals surface area contributed by atoms with Crippen LogP contribution in [0, 0.1) is 5.92 Å². The molecule has 1 rings (SSSR count). The summed E-state index contributed by atoms with van der Waals surface area (Å²) in [6, 6.07) is 0. The van der Waals surface area contributed by atoms with Gasteiger partial charge in [0.2, 0.25) is 0 Å². The highest BCUT2D eigenvalue weighted by Crippen LogP contribution is 2.26. The molecule has 0 radical (unpaired) electrons. The van der Waals surface area contributed by atoms with Gasteiger partial charge in [-0.25, -0.2) is 4.79 Å². The van der Waals surface area contributed by atoms with Crippen molar-refractivity contribution in [3.05, 3.63) is 0 Å². The van der Waals surface area contributed by atoms with E-state index in [9.17, 15) is 4.79 Å². The van der Waals surface area contributed by atoms with Crippen molar-refractivity contribution < 1.29 is 9.90 Å². The second kappa shape index (κ2) is 4.21. The summed E-state index contributed by atoms with van der Waals surface area (Å²) in [6.07, 6.45) is 5.37. The zero-order valence-electron chi connectivity index (χ0n) is 6.68. The van der Waals surface area contributed by atoms with Gasteiger partial charge in [0.25, 0.3) is 0 Å². The Bertz CT molecular complexity index is 130. The van der Waals surface area contributed by atoms with Crippen molar-refractivity contribution in [1.29, 1.82) is 0 Å². The minimum absolute atomic E-state index is 0.625. The molecule has 0 aromatic carbocycles. The van der Waals surface area contributed by atoms with E-state index in [4.69, 9.17) is 5.11 Å². The molecule has 0 atom stereocenters. The third-order valence-electron chi connectivity index (χ3n) is 2.30. The van der Waals surface area contributed by atoms with Crippen LogP contribution in [0.2, 0.25) is 0 Å². The van der Waals surface area contributed by atoms with Crippen molar-refractivity contribution in [2.45, 2.75) is 32.1 Å². The topological polar surface area (TPSA) is 49.3 Å². The number of rotatable bonds is 3. The summed E-state index contributed by atoms with van der Waals surface area (Å²) in [6.45, 7) is 0.625. The van der Waals surface area contributed by atoms with Crippen LogP contribution >= 0.6 is 0 Å². The van der Waals surface area contributed by atoms with Gasteiger partial charge in [0, 0.05) is 6.54 Å². The molecule has 0 aliphatic heterocycles. The van der Waals surface area contributed by atoms with Crippen LogP contribution in [0.25, 0.3) is 0 Å². The molecule has 0 aromatic heterocycles. The molecule has 0 bridgehead atoms. The zero-order valence-corrected chi connectivity index (χ0v) is 6.68. The number of carboxylic acid groups (broad SMARTS) is 1. The van der Waals surface area contributed by atoms with Crippen molar-refractivity contribution in [1.82, 2.24) is 5.32 Å². The summed E-state index contributed by atoms with van der Waals surface area (Å²) < 4.78 is 0. The lowest BCUT2D eigenvalue weighted by molar-refractivity contribution is 0.193. The summed E-state index contributed by atoms with van der Waals surface area (Å²) in [5.41, 5.74) is 0. The van der Waals surface area contributed by atoms with E-state index in [-0.39, 0.29) is 0 Å². The standard InChI is InChI=1S/C8H15NO2/c10-8(11)9-6-5-7-3-1-2-4-7/h7,9H,1-6H2,(H,10,11). The largest absolute Gasteiger partial charge is 0.465 e. The lowest BCUT2D eigenvalue weighted by Crippen LogP contribution is -2.23. The van der Waals surface area contributed by atoms with Gasteiger partial charge < -0.3 is 10.4 Å². The smallest absolute Gasteiger partial charge is 0.404 e. The first-order valence-corrected chi connectivity index (χ1v) is 4.26. The average Bonchev–Trinajstić information content (AvgIpc) is 2.39. The minimum atomic E-state index is -0.900. The molecule has 1 fully saturated rings. The SMILES string of the molecule is O=C(O)NCCC1CCCC1. The molecule has 3 heteroatoms. The van der Waals surface area contributed by atoms with Crippen LogP contribution < -0.4 is 5.32 Å². The van der Waals surface area contributed by atoms with Gasteiger partial charge in [-0.1, -0.05) is 25.7 Å². The molecule has 1 amide bonds. The predicted molar refractivity (Wildman–Crippen MR) is 42.6 cm³/mol. The van der Waals surface area contributed by atoms with Crippen LogP contribution in [0.4, 0.5) is 4.79 Å². The van der Waals surface area contributed by atoms with Gasteiger partial charge in [-0.3, -0.25) is 0 Å². The van der Waals surface area contributed by atoms with Crippen LogP contribution in [0.5, 0.6) is 0 Å². The Kier molecular flexibility index (Phi) is 3.20. The van der Waals surface area contributed by atoms with E-state index < -0.39 is 6.09 Å². The number of hydrogen-bond donors (Lipinski definition) is 2. The number of amides is 1. The van der Waals surface area contributed by atoms with E-state index in [1.54, 1.807) is 0 Å². The first-order valence-electron chi connectivity index (χ1n) is 4.26. The van der Waals surface area contributed by atoms with E-state index in [0.29, 0.717) is 6.54 Å². The molecule has 0 heterocycles. The normalized spacial score (nSPS) is 18.5. The summed E-state index contributed by atoms with van der Waals surface area (Å²) >= 11 is 0. The molecule has 0 saturated heterocycles. The second-order valence-electron chi connectivity index (χ2n) is 3.17. The first-order chi connectivity index (χ1) is 5.29. The summed E-state index contributed by atoms with van der Waals surface area (Å²) in [5.74, 6) is 0.779. The van der Waals surface area contributed by atoms with Gasteiger partial charge in [0.05, 0.1) is 0 Å². The number of carbonyl (C=O) groups is 1. The summed E-state index contributed by atoms with van der Waals surface area (Å²) in [7, 11) is 0. The molecular weight excluding hydrogens is 142 g/mol. The lowest BCUT2D eigenvalue weighted by atomic mass is 10.0. The van der Waals surface area contributed by atoms with E-state index in [1.807, 2.05) is 0 Å². The molecule has 1 aliphatic carbocycles. The quantitative estimate of drug-likeness (QED) is 0.656. The first kappa shape index (κ1) is 8.37. The fraction of sp³-hybridized carbons (Fsp3) is 0.875. The lowest BCUT2D eigenvalue weighted by Gasteiger charge is -2.07. The minimum Gasteiger partial charge on any atom is -0.465 e.